The highest BCUT2D eigenvalue weighted by molar-refractivity contribution is 7.09. The van der Waals surface area contributed by atoms with Gasteiger partial charge in [-0.05, 0) is 30.0 Å². The van der Waals surface area contributed by atoms with Crippen molar-refractivity contribution in [3.63, 3.8) is 0 Å². The highest BCUT2D eigenvalue weighted by Crippen LogP contribution is 2.15. The molecule has 1 N–H and O–H groups in total. The van der Waals surface area contributed by atoms with Gasteiger partial charge in [0.05, 0.1) is 18.6 Å². The lowest BCUT2D eigenvalue weighted by atomic mass is 10.2. The van der Waals surface area contributed by atoms with Gasteiger partial charge in [-0.2, -0.15) is 0 Å². The first kappa shape index (κ1) is 14.6. The third kappa shape index (κ3) is 2.21. The lowest BCUT2D eigenvalue weighted by Gasteiger charge is -2.12. The van der Waals surface area contributed by atoms with E-state index in [4.69, 9.17) is 0 Å². The van der Waals surface area contributed by atoms with E-state index in [0.717, 1.165) is 16.1 Å². The molecule has 6 nitrogen and oxygen atoms in total. The molecule has 7 heteroatoms. The molecule has 1 aromatic carbocycles. The van der Waals surface area contributed by atoms with E-state index in [2.05, 4.69) is 9.97 Å². The van der Waals surface area contributed by atoms with E-state index in [-0.39, 0.29) is 19.2 Å². The Labute approximate surface area is 142 Å². The van der Waals surface area contributed by atoms with Crippen LogP contribution in [-0.2, 0) is 6.54 Å². The first-order chi connectivity index (χ1) is 11.7. The summed E-state index contributed by atoms with van der Waals surface area (Å²) in [7, 11) is 0. The molecule has 3 heterocycles. The number of H-pyrrole nitrogens is 1. The molecule has 0 saturated carbocycles. The van der Waals surface area contributed by atoms with E-state index in [1.54, 1.807) is 0 Å². The van der Waals surface area contributed by atoms with Gasteiger partial charge < -0.3 is 4.98 Å². The van der Waals surface area contributed by atoms with E-state index in [1.807, 2.05) is 48.7 Å². The molecule has 0 amide bonds. The number of hydrogen-bond acceptors (Lipinski definition) is 4. The van der Waals surface area contributed by atoms with Gasteiger partial charge in [-0.25, -0.2) is 14.3 Å². The van der Waals surface area contributed by atoms with Crippen molar-refractivity contribution in [2.24, 2.45) is 0 Å². The van der Waals surface area contributed by atoms with E-state index in [9.17, 15) is 9.59 Å². The molecule has 4 aromatic rings. The third-order valence-corrected chi connectivity index (χ3v) is 4.82. The van der Waals surface area contributed by atoms with Gasteiger partial charge in [-0.3, -0.25) is 9.36 Å². The van der Waals surface area contributed by atoms with Gasteiger partial charge >= 0.3 is 5.69 Å². The van der Waals surface area contributed by atoms with E-state index < -0.39 is 0 Å². The summed E-state index contributed by atoms with van der Waals surface area (Å²) in [5.41, 5.74) is 1.59. The van der Waals surface area contributed by atoms with Crippen molar-refractivity contribution in [1.29, 1.82) is 0 Å². The molecule has 4 rings (SSSR count). The van der Waals surface area contributed by atoms with Crippen LogP contribution in [0.1, 0.15) is 11.9 Å². The van der Waals surface area contributed by atoms with Crippen LogP contribution >= 0.6 is 11.3 Å². The first-order valence-corrected chi connectivity index (χ1v) is 8.32. The number of para-hydroxylation sites is 1. The second-order valence-corrected chi connectivity index (χ2v) is 6.51. The molecule has 0 spiro atoms. The summed E-state index contributed by atoms with van der Waals surface area (Å²) < 4.78 is 2.74. The molecule has 0 fully saturated rings. The molecule has 3 aromatic heterocycles. The van der Waals surface area contributed by atoms with Crippen LogP contribution in [0.5, 0.6) is 0 Å². The molecular formula is C17H16N4O2S. The molecule has 0 aliphatic carbocycles. The Kier molecular flexibility index (Phi) is 3.42. The van der Waals surface area contributed by atoms with Crippen molar-refractivity contribution in [1.82, 2.24) is 19.1 Å². The van der Waals surface area contributed by atoms with Gasteiger partial charge in [0, 0.05) is 6.30 Å². The summed E-state index contributed by atoms with van der Waals surface area (Å²) in [4.78, 5) is 33.8. The standard InChI is InChI=1S/C17H14N4O2S.H2/c1-11-5-2-3-7-13(11)21-15-14(18-10-19-15)16(22)20(17(21)23)9-12-6-4-8-24-12;/h2-8,10H,9H2,1H3,(H,18,19);1H. The van der Waals surface area contributed by atoms with Gasteiger partial charge in [0.1, 0.15) is 5.52 Å². The maximum absolute atomic E-state index is 13.1. The number of thiophene rings is 1. The number of aromatic amines is 1. The molecule has 0 aliphatic rings. The topological polar surface area (TPSA) is 72.7 Å². The van der Waals surface area contributed by atoms with Crippen molar-refractivity contribution in [3.05, 3.63) is 79.4 Å². The van der Waals surface area contributed by atoms with Crippen LogP contribution in [0.3, 0.4) is 0 Å². The van der Waals surface area contributed by atoms with Crippen LogP contribution in [0, 0.1) is 6.92 Å². The minimum atomic E-state index is -0.387. The number of nitrogens with one attached hydrogen (secondary N) is 1. The van der Waals surface area contributed by atoms with Crippen LogP contribution in [0.15, 0.2) is 57.7 Å². The maximum Gasteiger partial charge on any atom is 0.337 e. The predicted molar refractivity (Wildman–Crippen MR) is 96.2 cm³/mol. The van der Waals surface area contributed by atoms with E-state index >= 15 is 0 Å². The summed E-state index contributed by atoms with van der Waals surface area (Å²) >= 11 is 1.51. The summed E-state index contributed by atoms with van der Waals surface area (Å²) in [6.45, 7) is 2.17. The smallest absolute Gasteiger partial charge is 0.337 e. The molecule has 0 atom stereocenters. The molecule has 0 bridgehead atoms. The summed E-state index contributed by atoms with van der Waals surface area (Å²) in [5.74, 6) is 0. The second kappa shape index (κ2) is 5.61. The number of aromatic nitrogens is 4. The fourth-order valence-electron chi connectivity index (χ4n) is 2.78. The maximum atomic E-state index is 13.1. The van der Waals surface area contributed by atoms with Gasteiger partial charge in [0.2, 0.25) is 0 Å². The average molecular weight is 340 g/mol. The SMILES string of the molecule is Cc1ccccc1-n1c(=O)n(Cc2cccs2)c(=O)c2[nH]cnc21.[HH]. The molecule has 122 valence electrons. The lowest BCUT2D eigenvalue weighted by Crippen LogP contribution is -2.39. The van der Waals surface area contributed by atoms with E-state index in [1.165, 1.54) is 26.8 Å². The summed E-state index contributed by atoms with van der Waals surface area (Å²) in [5, 5.41) is 1.93. The Morgan fingerprint density at radius 2 is 2.04 bits per heavy atom. The lowest BCUT2D eigenvalue weighted by molar-refractivity contribution is 0.689. The van der Waals surface area contributed by atoms with Crippen molar-refractivity contribution >= 4 is 22.5 Å². The van der Waals surface area contributed by atoms with Crippen molar-refractivity contribution in [2.75, 3.05) is 0 Å². The van der Waals surface area contributed by atoms with Gasteiger partial charge in [-0.15, -0.1) is 11.3 Å². The zero-order chi connectivity index (χ0) is 16.7. The number of fused-ring (bicyclic) bond motifs is 1. The Bertz CT molecular complexity index is 1140. The Morgan fingerprint density at radius 1 is 1.21 bits per heavy atom. The molecule has 0 radical (unpaired) electrons. The minimum Gasteiger partial charge on any atom is -0.339 e. The average Bonchev–Trinajstić information content (AvgIpc) is 3.25. The monoisotopic (exact) mass is 340 g/mol. The number of imidazole rings is 1. The highest BCUT2D eigenvalue weighted by atomic mass is 32.1. The molecule has 0 aliphatic heterocycles. The number of hydrogen-bond donors (Lipinski definition) is 1. The third-order valence-electron chi connectivity index (χ3n) is 3.96. The van der Waals surface area contributed by atoms with Crippen LogP contribution in [0.25, 0.3) is 16.9 Å². The normalized spacial score (nSPS) is 11.2. The quantitative estimate of drug-likeness (QED) is 0.623. The molecular weight excluding hydrogens is 324 g/mol. The fourth-order valence-corrected chi connectivity index (χ4v) is 3.47. The van der Waals surface area contributed by atoms with Gasteiger partial charge in [0.15, 0.2) is 5.65 Å². The Balaban J connectivity index is 0.00000182. The number of aryl methyl sites for hydroxylation is 1. The van der Waals surface area contributed by atoms with Crippen LogP contribution < -0.4 is 11.2 Å². The van der Waals surface area contributed by atoms with Gasteiger partial charge in [-0.1, -0.05) is 24.3 Å². The second-order valence-electron chi connectivity index (χ2n) is 5.48. The van der Waals surface area contributed by atoms with Crippen LogP contribution in [-0.4, -0.2) is 19.1 Å². The minimum absolute atomic E-state index is 0. The van der Waals surface area contributed by atoms with Crippen molar-refractivity contribution in [2.45, 2.75) is 13.5 Å². The van der Waals surface area contributed by atoms with Crippen molar-refractivity contribution < 1.29 is 1.43 Å². The predicted octanol–water partition coefficient (Wildman–Crippen LogP) is 2.54. The zero-order valence-corrected chi connectivity index (χ0v) is 13.7. The molecule has 0 saturated heterocycles. The number of nitrogens with zero attached hydrogens (tertiary/aromatic N) is 3. The van der Waals surface area contributed by atoms with Gasteiger partial charge in [0.25, 0.3) is 5.56 Å². The molecule has 0 unspecified atom stereocenters. The highest BCUT2D eigenvalue weighted by Gasteiger charge is 2.17. The first-order valence-electron chi connectivity index (χ1n) is 7.44. The molecule has 24 heavy (non-hydrogen) atoms. The van der Waals surface area contributed by atoms with Crippen molar-refractivity contribution in [3.8, 4) is 5.69 Å². The largest absolute Gasteiger partial charge is 0.339 e. The van der Waals surface area contributed by atoms with Crippen LogP contribution in [0.4, 0.5) is 0 Å². The zero-order valence-electron chi connectivity index (χ0n) is 12.9. The Hall–Kier alpha value is -2.93. The summed E-state index contributed by atoms with van der Waals surface area (Å²) in [6.07, 6.45) is 1.44. The number of rotatable bonds is 3. The van der Waals surface area contributed by atoms with E-state index in [0.29, 0.717) is 11.2 Å². The Morgan fingerprint density at radius 3 is 2.79 bits per heavy atom. The number of benzene rings is 1. The fraction of sp³-hybridized carbons (Fsp3) is 0.118. The van der Waals surface area contributed by atoms with Crippen LogP contribution in [0.2, 0.25) is 0 Å². The summed E-state index contributed by atoms with van der Waals surface area (Å²) in [6, 6.07) is 11.4.